The number of aliphatic hydroxyl groups is 1. The number of piperidine rings is 1. The molecule has 2 aromatic rings. The van der Waals surface area contributed by atoms with Gasteiger partial charge >= 0.3 is 5.97 Å². The number of rotatable bonds is 6. The molecule has 136 valence electrons. The monoisotopic (exact) mass is 347 g/mol. The normalized spacial score (nSPS) is 24.5. The molecule has 1 aromatic carbocycles. The van der Waals surface area contributed by atoms with Crippen molar-refractivity contribution in [1.82, 2.24) is 15.1 Å². The Morgan fingerprint density at radius 1 is 1.52 bits per heavy atom. The number of nitrogens with zero attached hydrogens (tertiary/aromatic N) is 2. The zero-order chi connectivity index (χ0) is 18.0. The quantitative estimate of drug-likeness (QED) is 0.739. The number of aliphatic hydroxyl groups excluding tert-OH is 1. The molecule has 2 heterocycles. The first kappa shape index (κ1) is 17.7. The number of carboxylic acid groups (broad SMARTS) is 1. The maximum Gasteiger partial charge on any atom is 0.313 e. The molecule has 0 amide bonds. The van der Waals surface area contributed by atoms with Gasteiger partial charge in [0.25, 0.3) is 0 Å². The van der Waals surface area contributed by atoms with E-state index in [9.17, 15) is 15.0 Å². The summed E-state index contributed by atoms with van der Waals surface area (Å²) in [6.07, 6.45) is 0.848. The first-order valence-corrected chi connectivity index (χ1v) is 8.65. The van der Waals surface area contributed by atoms with Crippen LogP contribution in [0.3, 0.4) is 0 Å². The third-order valence-corrected chi connectivity index (χ3v) is 5.21. The highest BCUT2D eigenvalue weighted by atomic mass is 16.5. The van der Waals surface area contributed by atoms with Crippen molar-refractivity contribution < 1.29 is 19.7 Å². The second kappa shape index (κ2) is 7.01. The maximum absolute atomic E-state index is 11.9. The van der Waals surface area contributed by atoms with E-state index >= 15 is 0 Å². The third-order valence-electron chi connectivity index (χ3n) is 5.21. The van der Waals surface area contributed by atoms with Gasteiger partial charge in [-0.05, 0) is 31.0 Å². The number of hydrogen-bond acceptors (Lipinski definition) is 5. The van der Waals surface area contributed by atoms with Gasteiger partial charge in [0.05, 0.1) is 24.4 Å². The molecule has 25 heavy (non-hydrogen) atoms. The highest BCUT2D eigenvalue weighted by Crippen LogP contribution is 2.36. The van der Waals surface area contributed by atoms with Gasteiger partial charge in [-0.15, -0.1) is 0 Å². The SMILES string of the molecule is CCC[C@@]1(C(=O)O)CN(Cc2[nH]nc3ccc(OC)cc23)CC[C@@H]1O. The Kier molecular flexibility index (Phi) is 4.96. The predicted octanol–water partition coefficient (Wildman–Crippen LogP) is 2.01. The molecule has 0 spiro atoms. The van der Waals surface area contributed by atoms with Crippen LogP contribution in [0.15, 0.2) is 18.2 Å². The van der Waals surface area contributed by atoms with Crippen molar-refractivity contribution >= 4 is 16.9 Å². The van der Waals surface area contributed by atoms with Gasteiger partial charge in [0.15, 0.2) is 0 Å². The molecule has 0 aliphatic carbocycles. The van der Waals surface area contributed by atoms with E-state index in [4.69, 9.17) is 4.74 Å². The van der Waals surface area contributed by atoms with Crippen molar-refractivity contribution in [3.05, 3.63) is 23.9 Å². The van der Waals surface area contributed by atoms with E-state index in [2.05, 4.69) is 15.1 Å². The lowest BCUT2D eigenvalue weighted by Crippen LogP contribution is -2.55. The van der Waals surface area contributed by atoms with Gasteiger partial charge in [-0.2, -0.15) is 5.10 Å². The lowest BCUT2D eigenvalue weighted by molar-refractivity contribution is -0.164. The van der Waals surface area contributed by atoms with E-state index in [0.717, 1.165) is 28.8 Å². The summed E-state index contributed by atoms with van der Waals surface area (Å²) in [6, 6.07) is 5.69. The van der Waals surface area contributed by atoms with Crippen LogP contribution >= 0.6 is 0 Å². The van der Waals surface area contributed by atoms with Crippen LogP contribution < -0.4 is 4.74 Å². The highest BCUT2D eigenvalue weighted by molar-refractivity contribution is 5.82. The Hall–Kier alpha value is -2.12. The molecule has 3 rings (SSSR count). The fourth-order valence-electron chi connectivity index (χ4n) is 3.82. The van der Waals surface area contributed by atoms with Crippen LogP contribution in [0.5, 0.6) is 5.75 Å². The van der Waals surface area contributed by atoms with Crippen molar-refractivity contribution in [3.8, 4) is 5.75 Å². The summed E-state index contributed by atoms with van der Waals surface area (Å²) < 4.78 is 5.28. The predicted molar refractivity (Wildman–Crippen MR) is 93.5 cm³/mol. The van der Waals surface area contributed by atoms with E-state index in [-0.39, 0.29) is 0 Å². The summed E-state index contributed by atoms with van der Waals surface area (Å²) in [6.45, 7) is 3.51. The van der Waals surface area contributed by atoms with Crippen molar-refractivity contribution in [2.45, 2.75) is 38.8 Å². The minimum atomic E-state index is -1.10. The number of H-pyrrole nitrogens is 1. The Morgan fingerprint density at radius 2 is 2.32 bits per heavy atom. The molecule has 0 radical (unpaired) electrons. The fourth-order valence-corrected chi connectivity index (χ4v) is 3.82. The largest absolute Gasteiger partial charge is 0.497 e. The highest BCUT2D eigenvalue weighted by Gasteiger charge is 2.48. The zero-order valence-electron chi connectivity index (χ0n) is 14.7. The van der Waals surface area contributed by atoms with Gasteiger partial charge in [0.2, 0.25) is 0 Å². The summed E-state index contributed by atoms with van der Waals surface area (Å²) in [5.41, 5.74) is 0.688. The van der Waals surface area contributed by atoms with Gasteiger partial charge in [-0.3, -0.25) is 14.8 Å². The molecule has 1 fully saturated rings. The minimum Gasteiger partial charge on any atom is -0.497 e. The lowest BCUT2D eigenvalue weighted by Gasteiger charge is -2.43. The van der Waals surface area contributed by atoms with Crippen LogP contribution in [0.2, 0.25) is 0 Å². The second-order valence-electron chi connectivity index (χ2n) is 6.81. The number of aromatic amines is 1. The van der Waals surface area contributed by atoms with Crippen molar-refractivity contribution in [2.75, 3.05) is 20.2 Å². The Bertz CT molecular complexity index is 760. The van der Waals surface area contributed by atoms with E-state index in [0.29, 0.717) is 32.5 Å². The molecular weight excluding hydrogens is 322 g/mol. The second-order valence-corrected chi connectivity index (χ2v) is 6.81. The van der Waals surface area contributed by atoms with Crippen molar-refractivity contribution in [1.29, 1.82) is 0 Å². The molecule has 0 unspecified atom stereocenters. The van der Waals surface area contributed by atoms with Gasteiger partial charge in [0, 0.05) is 25.0 Å². The number of benzene rings is 1. The maximum atomic E-state index is 11.9. The van der Waals surface area contributed by atoms with E-state index in [1.165, 1.54) is 0 Å². The lowest BCUT2D eigenvalue weighted by atomic mass is 9.74. The summed E-state index contributed by atoms with van der Waals surface area (Å²) in [5.74, 6) is -0.155. The molecule has 7 nitrogen and oxygen atoms in total. The molecule has 0 saturated carbocycles. The number of aromatic nitrogens is 2. The van der Waals surface area contributed by atoms with Crippen molar-refractivity contribution in [3.63, 3.8) is 0 Å². The van der Waals surface area contributed by atoms with Gasteiger partial charge in [0.1, 0.15) is 11.2 Å². The first-order valence-electron chi connectivity index (χ1n) is 8.65. The van der Waals surface area contributed by atoms with Gasteiger partial charge in [-0.25, -0.2) is 0 Å². The minimum absolute atomic E-state index is 0.335. The first-order chi connectivity index (χ1) is 12.0. The smallest absolute Gasteiger partial charge is 0.313 e. The Balaban J connectivity index is 1.84. The summed E-state index contributed by atoms with van der Waals surface area (Å²) in [4.78, 5) is 14.0. The average molecular weight is 347 g/mol. The van der Waals surface area contributed by atoms with Crippen LogP contribution in [-0.4, -0.2) is 57.6 Å². The molecule has 0 bridgehead atoms. The van der Waals surface area contributed by atoms with Gasteiger partial charge < -0.3 is 14.9 Å². The number of fused-ring (bicyclic) bond motifs is 1. The number of nitrogens with one attached hydrogen (secondary N) is 1. The van der Waals surface area contributed by atoms with Crippen LogP contribution in [0.25, 0.3) is 10.9 Å². The zero-order valence-corrected chi connectivity index (χ0v) is 14.7. The number of carboxylic acids is 1. The third kappa shape index (κ3) is 3.21. The van der Waals surface area contributed by atoms with Gasteiger partial charge in [-0.1, -0.05) is 13.3 Å². The topological polar surface area (TPSA) is 98.7 Å². The molecule has 1 saturated heterocycles. The number of aliphatic carboxylic acids is 1. The molecular formula is C18H25N3O4. The van der Waals surface area contributed by atoms with E-state index in [1.807, 2.05) is 25.1 Å². The van der Waals surface area contributed by atoms with Crippen molar-refractivity contribution in [2.24, 2.45) is 5.41 Å². The molecule has 2 atom stereocenters. The van der Waals surface area contributed by atoms with E-state index < -0.39 is 17.5 Å². The number of hydrogen-bond donors (Lipinski definition) is 3. The summed E-state index contributed by atoms with van der Waals surface area (Å²) in [7, 11) is 1.62. The van der Waals surface area contributed by atoms with E-state index in [1.54, 1.807) is 7.11 Å². The van der Waals surface area contributed by atoms with Crippen LogP contribution in [0.1, 0.15) is 31.9 Å². The summed E-state index contributed by atoms with van der Waals surface area (Å²) in [5, 5.41) is 28.4. The average Bonchev–Trinajstić information content (AvgIpc) is 3.00. The molecule has 1 aromatic heterocycles. The number of carbonyl (C=O) groups is 1. The summed E-state index contributed by atoms with van der Waals surface area (Å²) >= 11 is 0. The Labute approximate surface area is 146 Å². The standard InChI is InChI=1S/C18H25N3O4/c1-3-7-18(17(23)24)11-21(8-6-16(18)22)10-15-13-9-12(25-2)4-5-14(13)19-20-15/h4-5,9,16,22H,3,6-8,10-11H2,1-2H3,(H,19,20)(H,23,24)/t16-,18+/m0/s1. The Morgan fingerprint density at radius 3 is 3.00 bits per heavy atom. The fraction of sp³-hybridized carbons (Fsp3) is 0.556. The molecule has 7 heteroatoms. The van der Waals surface area contributed by atoms with Crippen LogP contribution in [-0.2, 0) is 11.3 Å². The molecule has 1 aliphatic heterocycles. The number of likely N-dealkylation sites (tertiary alicyclic amines) is 1. The van der Waals surface area contributed by atoms with Crippen LogP contribution in [0, 0.1) is 5.41 Å². The van der Waals surface area contributed by atoms with Crippen LogP contribution in [0.4, 0.5) is 0 Å². The number of methoxy groups -OCH3 is 1. The number of ether oxygens (including phenoxy) is 1. The molecule has 1 aliphatic rings. The molecule has 3 N–H and O–H groups in total.